The van der Waals surface area contributed by atoms with Crippen molar-refractivity contribution in [2.75, 3.05) is 5.32 Å². The highest BCUT2D eigenvalue weighted by molar-refractivity contribution is 5.94. The summed E-state index contributed by atoms with van der Waals surface area (Å²) in [6.45, 7) is 9.18. The number of benzene rings is 1. The van der Waals surface area contributed by atoms with Gasteiger partial charge in [-0.2, -0.15) is 4.98 Å². The van der Waals surface area contributed by atoms with E-state index < -0.39 is 6.04 Å². The van der Waals surface area contributed by atoms with E-state index in [1.807, 2.05) is 39.0 Å². The molecular formula is C19H22N4O3. The third kappa shape index (κ3) is 2.89. The summed E-state index contributed by atoms with van der Waals surface area (Å²) >= 11 is 0. The molecule has 1 N–H and O–H groups in total. The van der Waals surface area contributed by atoms with Gasteiger partial charge in [0.15, 0.2) is 0 Å². The summed E-state index contributed by atoms with van der Waals surface area (Å²) in [5.41, 5.74) is 3.20. The number of aryl methyl sites for hydroxylation is 3. The van der Waals surface area contributed by atoms with Crippen molar-refractivity contribution in [1.82, 2.24) is 14.7 Å². The van der Waals surface area contributed by atoms with Gasteiger partial charge in [-0.3, -0.25) is 14.2 Å². The summed E-state index contributed by atoms with van der Waals surface area (Å²) < 4.78 is 6.51. The van der Waals surface area contributed by atoms with Crippen LogP contribution in [0.25, 0.3) is 11.1 Å². The molecule has 3 aromatic rings. The lowest BCUT2D eigenvalue weighted by Gasteiger charge is -2.20. The average molecular weight is 354 g/mol. The predicted octanol–water partition coefficient (Wildman–Crippen LogP) is 3.21. The minimum Gasteiger partial charge on any atom is -0.335 e. The van der Waals surface area contributed by atoms with Crippen LogP contribution in [0.2, 0.25) is 0 Å². The topological polar surface area (TPSA) is 90.0 Å². The molecule has 0 saturated heterocycles. The first kappa shape index (κ1) is 17.8. The number of nitrogens with zero attached hydrogens (tertiary/aromatic N) is 3. The van der Waals surface area contributed by atoms with Crippen LogP contribution in [-0.2, 0) is 4.79 Å². The zero-order chi connectivity index (χ0) is 19.0. The molecule has 0 saturated carbocycles. The molecule has 1 unspecified atom stereocenters. The molecule has 7 heteroatoms. The second-order valence-electron chi connectivity index (χ2n) is 6.44. The minimum absolute atomic E-state index is 0.200. The molecule has 0 aliphatic heterocycles. The molecule has 136 valence electrons. The van der Waals surface area contributed by atoms with Gasteiger partial charge in [0.05, 0.1) is 5.69 Å². The van der Waals surface area contributed by atoms with Gasteiger partial charge in [0.25, 0.3) is 11.3 Å². The van der Waals surface area contributed by atoms with Gasteiger partial charge in [0.1, 0.15) is 17.3 Å². The number of hydrogen-bond donors (Lipinski definition) is 1. The van der Waals surface area contributed by atoms with E-state index in [-0.39, 0.29) is 17.2 Å². The number of carbonyl (C=O) groups excluding carboxylic acids is 1. The van der Waals surface area contributed by atoms with Crippen molar-refractivity contribution in [3.63, 3.8) is 0 Å². The maximum Gasteiger partial charge on any atom is 0.267 e. The van der Waals surface area contributed by atoms with Gasteiger partial charge in [0.2, 0.25) is 5.91 Å². The Labute approximate surface area is 151 Å². The first-order valence-electron chi connectivity index (χ1n) is 8.57. The summed E-state index contributed by atoms with van der Waals surface area (Å²) in [4.78, 5) is 30.2. The average Bonchev–Trinajstić information content (AvgIpc) is 2.96. The Morgan fingerprint density at radius 2 is 2.00 bits per heavy atom. The molecule has 2 aromatic heterocycles. The van der Waals surface area contributed by atoms with E-state index >= 15 is 0 Å². The minimum atomic E-state index is -0.673. The maximum atomic E-state index is 13.0. The standard InChI is InChI=1S/C19H22N4O3/c1-6-15(17(24)21-14-9-7-8-10(2)11(14)3)23-13(5)20-18-16(19(23)25)12(4)22-26-18/h7-9,15H,6H2,1-5H3,(H,21,24). The Morgan fingerprint density at radius 3 is 2.69 bits per heavy atom. The molecule has 26 heavy (non-hydrogen) atoms. The summed E-state index contributed by atoms with van der Waals surface area (Å²) in [7, 11) is 0. The van der Waals surface area contributed by atoms with E-state index in [2.05, 4.69) is 15.5 Å². The molecule has 1 atom stereocenters. The second-order valence-corrected chi connectivity index (χ2v) is 6.44. The van der Waals surface area contributed by atoms with Crippen LogP contribution in [0.1, 0.15) is 42.0 Å². The van der Waals surface area contributed by atoms with E-state index in [1.54, 1.807) is 13.8 Å². The monoisotopic (exact) mass is 354 g/mol. The van der Waals surface area contributed by atoms with Crippen LogP contribution in [-0.4, -0.2) is 20.6 Å². The molecule has 3 rings (SSSR count). The highest BCUT2D eigenvalue weighted by Crippen LogP contribution is 2.22. The smallest absolute Gasteiger partial charge is 0.267 e. The molecule has 1 aromatic carbocycles. The fourth-order valence-corrected chi connectivity index (χ4v) is 3.10. The number of anilines is 1. The van der Waals surface area contributed by atoms with Crippen LogP contribution in [0, 0.1) is 27.7 Å². The Kier molecular flexibility index (Phi) is 4.63. The number of aromatic nitrogens is 3. The summed E-state index contributed by atoms with van der Waals surface area (Å²) in [6, 6.07) is 5.07. The van der Waals surface area contributed by atoms with E-state index in [1.165, 1.54) is 4.57 Å². The van der Waals surface area contributed by atoms with Crippen LogP contribution in [0.15, 0.2) is 27.5 Å². The van der Waals surface area contributed by atoms with Crippen molar-refractivity contribution in [3.05, 3.63) is 51.2 Å². The predicted molar refractivity (Wildman–Crippen MR) is 99.4 cm³/mol. The van der Waals surface area contributed by atoms with Gasteiger partial charge < -0.3 is 9.84 Å². The second kappa shape index (κ2) is 6.74. The molecule has 0 aliphatic carbocycles. The van der Waals surface area contributed by atoms with Crippen LogP contribution in [0.5, 0.6) is 0 Å². The molecule has 0 radical (unpaired) electrons. The summed E-state index contributed by atoms with van der Waals surface area (Å²) in [6.07, 6.45) is 0.453. The SMILES string of the molecule is CCC(C(=O)Nc1cccc(C)c1C)n1c(C)nc2onc(C)c2c1=O. The molecule has 7 nitrogen and oxygen atoms in total. The normalized spacial score (nSPS) is 12.3. The van der Waals surface area contributed by atoms with Gasteiger partial charge in [-0.1, -0.05) is 24.2 Å². The Hall–Kier alpha value is -2.96. The van der Waals surface area contributed by atoms with Gasteiger partial charge in [0, 0.05) is 5.69 Å². The Bertz CT molecular complexity index is 1050. The fourth-order valence-electron chi connectivity index (χ4n) is 3.10. The van der Waals surface area contributed by atoms with Crippen molar-refractivity contribution in [3.8, 4) is 0 Å². The van der Waals surface area contributed by atoms with Gasteiger partial charge in [-0.15, -0.1) is 0 Å². The fraction of sp³-hybridized carbons (Fsp3) is 0.368. The van der Waals surface area contributed by atoms with Crippen molar-refractivity contribution < 1.29 is 9.32 Å². The lowest BCUT2D eigenvalue weighted by atomic mass is 10.1. The zero-order valence-electron chi connectivity index (χ0n) is 15.6. The van der Waals surface area contributed by atoms with E-state index in [9.17, 15) is 9.59 Å². The molecule has 0 spiro atoms. The number of carbonyl (C=O) groups is 1. The first-order chi connectivity index (χ1) is 12.3. The zero-order valence-corrected chi connectivity index (χ0v) is 15.6. The molecule has 0 bridgehead atoms. The van der Waals surface area contributed by atoms with Crippen molar-refractivity contribution in [1.29, 1.82) is 0 Å². The third-order valence-electron chi connectivity index (χ3n) is 4.75. The molecule has 1 amide bonds. The quantitative estimate of drug-likeness (QED) is 0.777. The van der Waals surface area contributed by atoms with Crippen LogP contribution >= 0.6 is 0 Å². The summed E-state index contributed by atoms with van der Waals surface area (Å²) in [5, 5.41) is 7.07. The molecule has 0 aliphatic rings. The van der Waals surface area contributed by atoms with Crippen molar-refractivity contribution in [2.45, 2.75) is 47.1 Å². The highest BCUT2D eigenvalue weighted by atomic mass is 16.5. The number of nitrogens with one attached hydrogen (secondary N) is 1. The van der Waals surface area contributed by atoms with Crippen molar-refractivity contribution >= 4 is 22.7 Å². The van der Waals surface area contributed by atoms with Crippen molar-refractivity contribution in [2.24, 2.45) is 0 Å². The van der Waals surface area contributed by atoms with E-state index in [4.69, 9.17) is 4.52 Å². The Balaban J connectivity index is 2.05. The number of hydrogen-bond acceptors (Lipinski definition) is 5. The van der Waals surface area contributed by atoms with Gasteiger partial charge >= 0.3 is 0 Å². The number of rotatable bonds is 4. The van der Waals surface area contributed by atoms with E-state index in [0.29, 0.717) is 23.3 Å². The summed E-state index contributed by atoms with van der Waals surface area (Å²) in [5.74, 6) is 0.170. The Morgan fingerprint density at radius 1 is 1.27 bits per heavy atom. The third-order valence-corrected chi connectivity index (χ3v) is 4.75. The lowest BCUT2D eigenvalue weighted by Crippen LogP contribution is -2.35. The van der Waals surface area contributed by atoms with E-state index in [0.717, 1.165) is 16.8 Å². The van der Waals surface area contributed by atoms with Crippen LogP contribution < -0.4 is 10.9 Å². The number of amides is 1. The molecule has 2 heterocycles. The largest absolute Gasteiger partial charge is 0.335 e. The molecular weight excluding hydrogens is 332 g/mol. The molecule has 0 fully saturated rings. The first-order valence-corrected chi connectivity index (χ1v) is 8.57. The van der Waals surface area contributed by atoms with Crippen LogP contribution in [0.3, 0.4) is 0 Å². The van der Waals surface area contributed by atoms with Gasteiger partial charge in [-0.05, 0) is 51.3 Å². The number of fused-ring (bicyclic) bond motifs is 1. The highest BCUT2D eigenvalue weighted by Gasteiger charge is 2.25. The van der Waals surface area contributed by atoms with Gasteiger partial charge in [-0.25, -0.2) is 0 Å². The van der Waals surface area contributed by atoms with Crippen LogP contribution in [0.4, 0.5) is 5.69 Å². The maximum absolute atomic E-state index is 13.0. The lowest BCUT2D eigenvalue weighted by molar-refractivity contribution is -0.119.